The lowest BCUT2D eigenvalue weighted by atomic mass is 9.84. The molecule has 28 heavy (non-hydrogen) atoms. The largest absolute Gasteiger partial charge is 0.325 e. The van der Waals surface area contributed by atoms with E-state index in [2.05, 4.69) is 10.6 Å². The van der Waals surface area contributed by atoms with E-state index in [4.69, 9.17) is 0 Å². The van der Waals surface area contributed by atoms with Gasteiger partial charge in [-0.25, -0.2) is 9.18 Å². The monoisotopic (exact) mass is 392 g/mol. The molecule has 2 fully saturated rings. The summed E-state index contributed by atoms with van der Waals surface area (Å²) in [5.74, 6) is -2.12. The van der Waals surface area contributed by atoms with Crippen molar-refractivity contribution >= 4 is 29.2 Å². The van der Waals surface area contributed by atoms with Gasteiger partial charge in [-0.1, -0.05) is 32.1 Å². The van der Waals surface area contributed by atoms with Crippen LogP contribution in [0.15, 0.2) is 18.2 Å². The molecule has 1 aliphatic carbocycles. The number of rotatable bonds is 4. The van der Waals surface area contributed by atoms with E-state index in [-0.39, 0.29) is 11.4 Å². The van der Waals surface area contributed by atoms with Crippen LogP contribution in [-0.2, 0) is 9.59 Å². The molecule has 1 heterocycles. The number of nitrogens with zero attached hydrogens (tertiary/aromatic N) is 2. The van der Waals surface area contributed by atoms with Gasteiger partial charge in [0.15, 0.2) is 0 Å². The van der Waals surface area contributed by atoms with Crippen LogP contribution in [0.1, 0.15) is 44.9 Å². The number of carbonyl (C=O) groups is 3. The molecule has 1 spiro atoms. The van der Waals surface area contributed by atoms with Gasteiger partial charge in [0, 0.05) is 12.1 Å². The zero-order valence-corrected chi connectivity index (χ0v) is 15.2. The Balaban J connectivity index is 1.70. The molecule has 2 N–H and O–H groups in total. The third-order valence-corrected chi connectivity index (χ3v) is 5.19. The SMILES string of the molecule is O=C(CN1C(=O)NC2(CCCCCCC2)C1=O)Nc1cc([N+](=O)[O-])ccc1F. The molecule has 3 rings (SSSR count). The standard InChI is InChI=1S/C18H21FN4O5/c19-13-7-6-12(23(27)28)10-14(13)20-15(24)11-22-16(25)18(21-17(22)26)8-4-2-1-3-5-9-18/h6-7,10H,1-5,8-9,11H2,(H,20,24)(H,21,26). The van der Waals surface area contributed by atoms with Crippen LogP contribution < -0.4 is 10.6 Å². The van der Waals surface area contributed by atoms with Crippen LogP contribution >= 0.6 is 0 Å². The van der Waals surface area contributed by atoms with Crippen molar-refractivity contribution in [1.29, 1.82) is 0 Å². The van der Waals surface area contributed by atoms with Crippen LogP contribution in [0.3, 0.4) is 0 Å². The summed E-state index contributed by atoms with van der Waals surface area (Å²) in [7, 11) is 0. The maximum absolute atomic E-state index is 13.8. The number of hydrogen-bond donors (Lipinski definition) is 2. The van der Waals surface area contributed by atoms with Crippen molar-refractivity contribution < 1.29 is 23.7 Å². The van der Waals surface area contributed by atoms with Crippen LogP contribution in [0.5, 0.6) is 0 Å². The average molecular weight is 392 g/mol. The Morgan fingerprint density at radius 3 is 2.50 bits per heavy atom. The van der Waals surface area contributed by atoms with Gasteiger partial charge in [-0.05, 0) is 18.9 Å². The Morgan fingerprint density at radius 1 is 1.21 bits per heavy atom. The van der Waals surface area contributed by atoms with E-state index in [9.17, 15) is 28.9 Å². The molecule has 0 radical (unpaired) electrons. The van der Waals surface area contributed by atoms with Crippen molar-refractivity contribution in [3.63, 3.8) is 0 Å². The second-order valence-corrected chi connectivity index (χ2v) is 7.14. The number of hydrogen-bond acceptors (Lipinski definition) is 5. The van der Waals surface area contributed by atoms with Crippen LogP contribution in [0.4, 0.5) is 20.6 Å². The maximum Gasteiger partial charge on any atom is 0.325 e. The third kappa shape index (κ3) is 3.95. The summed E-state index contributed by atoms with van der Waals surface area (Å²) in [4.78, 5) is 48.3. The van der Waals surface area contributed by atoms with Gasteiger partial charge in [0.2, 0.25) is 5.91 Å². The van der Waals surface area contributed by atoms with E-state index in [0.29, 0.717) is 12.8 Å². The number of benzene rings is 1. The Morgan fingerprint density at radius 2 is 1.86 bits per heavy atom. The fourth-order valence-corrected chi connectivity index (χ4v) is 3.72. The highest BCUT2D eigenvalue weighted by Crippen LogP contribution is 2.32. The minimum Gasteiger partial charge on any atom is -0.323 e. The molecule has 1 saturated heterocycles. The molecule has 2 aliphatic rings. The van der Waals surface area contributed by atoms with E-state index in [1.807, 2.05) is 0 Å². The maximum atomic E-state index is 13.8. The Labute approximate surface area is 160 Å². The molecule has 1 aliphatic heterocycles. The molecule has 0 atom stereocenters. The number of urea groups is 1. The lowest BCUT2D eigenvalue weighted by Gasteiger charge is -2.28. The number of carbonyl (C=O) groups excluding carboxylic acids is 3. The number of non-ortho nitro benzene ring substituents is 1. The lowest BCUT2D eigenvalue weighted by molar-refractivity contribution is -0.384. The predicted molar refractivity (Wildman–Crippen MR) is 97.0 cm³/mol. The van der Waals surface area contributed by atoms with Crippen molar-refractivity contribution in [3.05, 3.63) is 34.1 Å². The van der Waals surface area contributed by atoms with E-state index in [0.717, 1.165) is 55.2 Å². The molecule has 0 unspecified atom stereocenters. The van der Waals surface area contributed by atoms with E-state index >= 15 is 0 Å². The van der Waals surface area contributed by atoms with E-state index < -0.39 is 40.7 Å². The zero-order valence-electron chi connectivity index (χ0n) is 15.2. The van der Waals surface area contributed by atoms with Gasteiger partial charge in [0.1, 0.15) is 17.9 Å². The zero-order chi connectivity index (χ0) is 20.3. The highest BCUT2D eigenvalue weighted by atomic mass is 19.1. The molecular formula is C18H21FN4O5. The molecular weight excluding hydrogens is 371 g/mol. The van der Waals surface area contributed by atoms with Crippen molar-refractivity contribution in [1.82, 2.24) is 10.2 Å². The lowest BCUT2D eigenvalue weighted by Crippen LogP contribution is -2.47. The van der Waals surface area contributed by atoms with Gasteiger partial charge in [0.05, 0.1) is 10.6 Å². The molecule has 0 aromatic heterocycles. The predicted octanol–water partition coefficient (Wildman–Crippen LogP) is 2.71. The van der Waals surface area contributed by atoms with Gasteiger partial charge in [-0.3, -0.25) is 24.6 Å². The molecule has 0 bridgehead atoms. The third-order valence-electron chi connectivity index (χ3n) is 5.19. The number of nitro groups is 1. The van der Waals surface area contributed by atoms with Crippen LogP contribution in [0.25, 0.3) is 0 Å². The minimum atomic E-state index is -0.978. The first-order valence-corrected chi connectivity index (χ1v) is 9.20. The summed E-state index contributed by atoms with van der Waals surface area (Å²) >= 11 is 0. The first kappa shape index (κ1) is 19.7. The van der Waals surface area contributed by atoms with Gasteiger partial charge in [-0.2, -0.15) is 0 Å². The minimum absolute atomic E-state index is 0.382. The molecule has 4 amide bonds. The fourth-order valence-electron chi connectivity index (χ4n) is 3.72. The average Bonchev–Trinajstić information content (AvgIpc) is 2.85. The van der Waals surface area contributed by atoms with Crippen LogP contribution in [0, 0.1) is 15.9 Å². The summed E-state index contributed by atoms with van der Waals surface area (Å²) in [5, 5.41) is 15.7. The quantitative estimate of drug-likeness (QED) is 0.463. The highest BCUT2D eigenvalue weighted by Gasteiger charge is 2.50. The number of nitrogens with one attached hydrogen (secondary N) is 2. The number of amides is 4. The Kier molecular flexibility index (Phi) is 5.57. The summed E-state index contributed by atoms with van der Waals surface area (Å²) < 4.78 is 13.8. The van der Waals surface area contributed by atoms with Gasteiger partial charge in [0.25, 0.3) is 11.6 Å². The smallest absolute Gasteiger partial charge is 0.323 e. The second kappa shape index (κ2) is 7.91. The number of anilines is 1. The summed E-state index contributed by atoms with van der Waals surface area (Å²) in [6, 6.07) is 2.07. The normalized spacial score (nSPS) is 19.1. The topological polar surface area (TPSA) is 122 Å². The Hall–Kier alpha value is -3.04. The van der Waals surface area contributed by atoms with Crippen LogP contribution in [0.2, 0.25) is 0 Å². The summed E-state index contributed by atoms with van der Waals surface area (Å²) in [5.41, 5.74) is -1.75. The molecule has 1 aromatic rings. The number of nitro benzene ring substituents is 1. The highest BCUT2D eigenvalue weighted by molar-refractivity contribution is 6.10. The molecule has 9 nitrogen and oxygen atoms in total. The van der Waals surface area contributed by atoms with Crippen LogP contribution in [-0.4, -0.2) is 39.8 Å². The van der Waals surface area contributed by atoms with Gasteiger partial charge in [-0.15, -0.1) is 0 Å². The molecule has 10 heteroatoms. The van der Waals surface area contributed by atoms with Crippen molar-refractivity contribution in [2.24, 2.45) is 0 Å². The fraction of sp³-hybridized carbons (Fsp3) is 0.500. The van der Waals surface area contributed by atoms with Crippen molar-refractivity contribution in [2.75, 3.05) is 11.9 Å². The first-order chi connectivity index (χ1) is 13.3. The van der Waals surface area contributed by atoms with E-state index in [1.165, 1.54) is 0 Å². The van der Waals surface area contributed by atoms with Gasteiger partial charge < -0.3 is 10.6 Å². The van der Waals surface area contributed by atoms with Gasteiger partial charge >= 0.3 is 6.03 Å². The molecule has 150 valence electrons. The number of imide groups is 1. The molecule has 1 aromatic carbocycles. The first-order valence-electron chi connectivity index (χ1n) is 9.20. The second-order valence-electron chi connectivity index (χ2n) is 7.14. The summed E-state index contributed by atoms with van der Waals surface area (Å²) in [6.45, 7) is -0.589. The van der Waals surface area contributed by atoms with Crippen molar-refractivity contribution in [2.45, 2.75) is 50.5 Å². The van der Waals surface area contributed by atoms with Crippen molar-refractivity contribution in [3.8, 4) is 0 Å². The molecule has 1 saturated carbocycles. The number of halogens is 1. The van der Waals surface area contributed by atoms with E-state index in [1.54, 1.807) is 0 Å². The summed E-state index contributed by atoms with van der Waals surface area (Å²) in [6.07, 6.45) is 5.73. The Bertz CT molecular complexity index is 820.